The van der Waals surface area contributed by atoms with E-state index in [0.717, 1.165) is 16.8 Å². The SMILES string of the molecule is CCNC(CSc1ccccc1)c1c(Br)cnn1C(C)C. The Labute approximate surface area is 139 Å². The minimum atomic E-state index is 0.277. The highest BCUT2D eigenvalue weighted by Crippen LogP contribution is 2.30. The molecule has 1 unspecified atom stereocenters. The van der Waals surface area contributed by atoms with Gasteiger partial charge < -0.3 is 5.32 Å². The molecule has 0 spiro atoms. The van der Waals surface area contributed by atoms with Crippen LogP contribution in [0, 0.1) is 0 Å². The Balaban J connectivity index is 2.17. The van der Waals surface area contributed by atoms with Gasteiger partial charge in [0, 0.05) is 16.7 Å². The highest BCUT2D eigenvalue weighted by Gasteiger charge is 2.21. The summed E-state index contributed by atoms with van der Waals surface area (Å²) in [4.78, 5) is 1.30. The summed E-state index contributed by atoms with van der Waals surface area (Å²) in [5.74, 6) is 0.981. The van der Waals surface area contributed by atoms with E-state index in [4.69, 9.17) is 0 Å². The Kier molecular flexibility index (Phi) is 6.33. The zero-order valence-corrected chi connectivity index (χ0v) is 15.1. The molecule has 2 aromatic rings. The molecule has 0 aliphatic heterocycles. The molecule has 0 radical (unpaired) electrons. The van der Waals surface area contributed by atoms with Crippen LogP contribution in [0.1, 0.15) is 38.5 Å². The van der Waals surface area contributed by atoms with Crippen molar-refractivity contribution in [1.29, 1.82) is 0 Å². The first-order valence-electron chi connectivity index (χ1n) is 7.27. The first kappa shape index (κ1) is 16.6. The Morgan fingerprint density at radius 3 is 2.62 bits per heavy atom. The predicted octanol–water partition coefficient (Wildman–Crippen LogP) is 4.67. The molecule has 0 amide bonds. The first-order chi connectivity index (χ1) is 10.1. The zero-order valence-electron chi connectivity index (χ0n) is 12.7. The Hall–Kier alpha value is -0.780. The lowest BCUT2D eigenvalue weighted by atomic mass is 10.2. The van der Waals surface area contributed by atoms with Gasteiger partial charge in [-0.05, 0) is 48.5 Å². The second kappa shape index (κ2) is 8.01. The van der Waals surface area contributed by atoms with Crippen LogP contribution in [0.5, 0.6) is 0 Å². The highest BCUT2D eigenvalue weighted by atomic mass is 79.9. The number of hydrogen-bond donors (Lipinski definition) is 1. The van der Waals surface area contributed by atoms with Gasteiger partial charge in [-0.3, -0.25) is 4.68 Å². The van der Waals surface area contributed by atoms with Crippen LogP contribution in [-0.2, 0) is 0 Å². The summed E-state index contributed by atoms with van der Waals surface area (Å²) < 4.78 is 3.18. The van der Waals surface area contributed by atoms with E-state index < -0.39 is 0 Å². The largest absolute Gasteiger partial charge is 0.308 e. The highest BCUT2D eigenvalue weighted by molar-refractivity contribution is 9.10. The van der Waals surface area contributed by atoms with Crippen LogP contribution in [0.3, 0.4) is 0 Å². The number of thioether (sulfide) groups is 1. The molecule has 0 fully saturated rings. The maximum atomic E-state index is 4.49. The molecule has 1 atom stereocenters. The predicted molar refractivity (Wildman–Crippen MR) is 93.9 cm³/mol. The van der Waals surface area contributed by atoms with Crippen LogP contribution >= 0.6 is 27.7 Å². The zero-order chi connectivity index (χ0) is 15.2. The third-order valence-corrected chi connectivity index (χ3v) is 4.93. The van der Waals surface area contributed by atoms with Crippen LogP contribution < -0.4 is 5.32 Å². The fourth-order valence-corrected chi connectivity index (χ4v) is 3.80. The van der Waals surface area contributed by atoms with Crippen molar-refractivity contribution in [2.24, 2.45) is 0 Å². The van der Waals surface area contributed by atoms with Gasteiger partial charge in [0.1, 0.15) is 0 Å². The molecular weight excluding hydrogens is 346 g/mol. The molecule has 0 aliphatic carbocycles. The molecule has 1 N–H and O–H groups in total. The smallest absolute Gasteiger partial charge is 0.0707 e. The van der Waals surface area contributed by atoms with Gasteiger partial charge in [-0.15, -0.1) is 11.8 Å². The summed E-state index contributed by atoms with van der Waals surface area (Å²) in [6.45, 7) is 7.41. The van der Waals surface area contributed by atoms with Crippen molar-refractivity contribution in [3.8, 4) is 0 Å². The summed E-state index contributed by atoms with van der Waals surface area (Å²) in [5.41, 5.74) is 1.23. The van der Waals surface area contributed by atoms with Crippen LogP contribution in [-0.4, -0.2) is 22.1 Å². The molecule has 0 aliphatic rings. The summed E-state index contributed by atoms with van der Waals surface area (Å²) >= 11 is 5.52. The van der Waals surface area contributed by atoms with Crippen LogP contribution in [0.4, 0.5) is 0 Å². The summed E-state index contributed by atoms with van der Waals surface area (Å²) in [6, 6.07) is 11.2. The van der Waals surface area contributed by atoms with E-state index in [9.17, 15) is 0 Å². The fraction of sp³-hybridized carbons (Fsp3) is 0.438. The van der Waals surface area contributed by atoms with Crippen LogP contribution in [0.25, 0.3) is 0 Å². The Morgan fingerprint density at radius 1 is 1.29 bits per heavy atom. The molecule has 114 valence electrons. The lowest BCUT2D eigenvalue weighted by Crippen LogP contribution is -2.26. The van der Waals surface area contributed by atoms with E-state index in [2.05, 4.69) is 82.1 Å². The topological polar surface area (TPSA) is 29.9 Å². The maximum Gasteiger partial charge on any atom is 0.0707 e. The average molecular weight is 368 g/mol. The van der Waals surface area contributed by atoms with E-state index in [1.807, 2.05) is 18.0 Å². The maximum absolute atomic E-state index is 4.49. The van der Waals surface area contributed by atoms with E-state index in [1.54, 1.807) is 0 Å². The van der Waals surface area contributed by atoms with E-state index in [1.165, 1.54) is 10.6 Å². The van der Waals surface area contributed by atoms with Crippen LogP contribution in [0.2, 0.25) is 0 Å². The van der Waals surface area contributed by atoms with Gasteiger partial charge in [-0.1, -0.05) is 25.1 Å². The quantitative estimate of drug-likeness (QED) is 0.721. The number of nitrogens with one attached hydrogen (secondary N) is 1. The normalized spacial score (nSPS) is 12.8. The summed E-state index contributed by atoms with van der Waals surface area (Å²) in [6.07, 6.45) is 1.90. The third-order valence-electron chi connectivity index (χ3n) is 3.22. The second-order valence-electron chi connectivity index (χ2n) is 5.15. The molecule has 1 aromatic heterocycles. The number of nitrogens with zero attached hydrogens (tertiary/aromatic N) is 2. The number of rotatable bonds is 7. The minimum absolute atomic E-state index is 0.277. The Bertz CT molecular complexity index is 554. The lowest BCUT2D eigenvalue weighted by Gasteiger charge is -2.21. The number of hydrogen-bond acceptors (Lipinski definition) is 3. The molecule has 2 rings (SSSR count). The van der Waals surface area contributed by atoms with E-state index in [0.29, 0.717) is 6.04 Å². The number of aromatic nitrogens is 2. The molecule has 3 nitrogen and oxygen atoms in total. The van der Waals surface area contributed by atoms with Gasteiger partial charge in [0.15, 0.2) is 0 Å². The number of halogens is 1. The summed E-state index contributed by atoms with van der Waals surface area (Å²) in [5, 5.41) is 8.07. The van der Waals surface area contributed by atoms with E-state index in [-0.39, 0.29) is 6.04 Å². The van der Waals surface area contributed by atoms with Gasteiger partial charge in [0.2, 0.25) is 0 Å². The van der Waals surface area contributed by atoms with Crippen LogP contribution in [0.15, 0.2) is 45.9 Å². The van der Waals surface area contributed by atoms with Crippen molar-refractivity contribution >= 4 is 27.7 Å². The van der Waals surface area contributed by atoms with Gasteiger partial charge in [-0.2, -0.15) is 5.10 Å². The molecule has 0 saturated heterocycles. The summed E-state index contributed by atoms with van der Waals surface area (Å²) in [7, 11) is 0. The van der Waals surface area contributed by atoms with Gasteiger partial charge in [-0.25, -0.2) is 0 Å². The standard InChI is InChI=1S/C16H22BrN3S/c1-4-18-15(11-21-13-8-6-5-7-9-13)16-14(17)10-19-20(16)12(2)3/h5-10,12,15,18H,4,11H2,1-3H3. The van der Waals surface area contributed by atoms with E-state index >= 15 is 0 Å². The first-order valence-corrected chi connectivity index (χ1v) is 9.05. The molecule has 0 saturated carbocycles. The molecule has 5 heteroatoms. The second-order valence-corrected chi connectivity index (χ2v) is 7.10. The molecule has 1 aromatic carbocycles. The monoisotopic (exact) mass is 367 g/mol. The fourth-order valence-electron chi connectivity index (χ4n) is 2.27. The van der Waals surface area contributed by atoms with Crippen molar-refractivity contribution in [2.45, 2.75) is 37.8 Å². The van der Waals surface area contributed by atoms with Crippen molar-refractivity contribution in [2.75, 3.05) is 12.3 Å². The lowest BCUT2D eigenvalue weighted by molar-refractivity contribution is 0.467. The molecule has 1 heterocycles. The minimum Gasteiger partial charge on any atom is -0.308 e. The average Bonchev–Trinajstić information content (AvgIpc) is 2.86. The van der Waals surface area contributed by atoms with Gasteiger partial charge in [0.25, 0.3) is 0 Å². The van der Waals surface area contributed by atoms with Crippen molar-refractivity contribution < 1.29 is 0 Å². The third kappa shape index (κ3) is 4.34. The Morgan fingerprint density at radius 2 is 2.00 bits per heavy atom. The number of benzene rings is 1. The molecular formula is C16H22BrN3S. The van der Waals surface area contributed by atoms with Gasteiger partial charge >= 0.3 is 0 Å². The van der Waals surface area contributed by atoms with Crippen molar-refractivity contribution in [3.63, 3.8) is 0 Å². The molecule has 21 heavy (non-hydrogen) atoms. The molecule has 0 bridgehead atoms. The van der Waals surface area contributed by atoms with Gasteiger partial charge in [0.05, 0.1) is 22.4 Å². The van der Waals surface area contributed by atoms with Crippen molar-refractivity contribution in [3.05, 3.63) is 46.7 Å². The van der Waals surface area contributed by atoms with Crippen molar-refractivity contribution in [1.82, 2.24) is 15.1 Å².